The van der Waals surface area contributed by atoms with E-state index in [9.17, 15) is 4.79 Å². The van der Waals surface area contributed by atoms with Crippen molar-refractivity contribution in [3.8, 4) is 17.6 Å². The second-order valence-corrected chi connectivity index (χ2v) is 6.33. The van der Waals surface area contributed by atoms with Crippen LogP contribution in [0.1, 0.15) is 23.7 Å². The largest absolute Gasteiger partial charge is 0.481 e. The third kappa shape index (κ3) is 6.14. The molecule has 1 aliphatic rings. The van der Waals surface area contributed by atoms with Crippen LogP contribution in [-0.4, -0.2) is 48.8 Å². The van der Waals surface area contributed by atoms with E-state index in [-0.39, 0.29) is 12.5 Å². The van der Waals surface area contributed by atoms with Crippen LogP contribution < -0.4 is 4.74 Å². The molecule has 5 nitrogen and oxygen atoms in total. The Hall–Kier alpha value is -2.81. The van der Waals surface area contributed by atoms with E-state index in [0.717, 1.165) is 23.4 Å². The predicted molar refractivity (Wildman–Crippen MR) is 103 cm³/mol. The van der Waals surface area contributed by atoms with Gasteiger partial charge in [-0.25, -0.2) is 0 Å². The Morgan fingerprint density at radius 3 is 2.70 bits per heavy atom. The first-order valence-corrected chi connectivity index (χ1v) is 9.03. The lowest BCUT2D eigenvalue weighted by atomic mass is 10.1. The normalized spacial score (nSPS) is 17.0. The van der Waals surface area contributed by atoms with Gasteiger partial charge in [0, 0.05) is 25.2 Å². The molecule has 0 spiro atoms. The maximum absolute atomic E-state index is 10.7. The molecule has 5 heteroatoms. The molecule has 1 unspecified atom stereocenters. The second kappa shape index (κ2) is 9.77. The number of nitrogens with zero attached hydrogens (tertiary/aromatic N) is 1. The molecule has 1 aliphatic heterocycles. The fraction of sp³-hybridized carbons (Fsp3) is 0.318. The summed E-state index contributed by atoms with van der Waals surface area (Å²) in [7, 11) is 0. The van der Waals surface area contributed by atoms with E-state index in [0.29, 0.717) is 26.3 Å². The number of aliphatic carboxylic acids is 1. The zero-order valence-corrected chi connectivity index (χ0v) is 15.1. The van der Waals surface area contributed by atoms with Gasteiger partial charge in [0.25, 0.3) is 0 Å². The predicted octanol–water partition coefficient (Wildman–Crippen LogP) is 2.97. The Bertz CT molecular complexity index is 793. The highest BCUT2D eigenvalue weighted by Gasteiger charge is 2.22. The number of ether oxygens (including phenoxy) is 2. The van der Waals surface area contributed by atoms with Gasteiger partial charge in [-0.15, -0.1) is 0 Å². The summed E-state index contributed by atoms with van der Waals surface area (Å²) in [4.78, 5) is 12.9. The number of rotatable bonds is 6. The van der Waals surface area contributed by atoms with Crippen LogP contribution >= 0.6 is 0 Å². The Labute approximate surface area is 159 Å². The molecule has 0 bridgehead atoms. The van der Waals surface area contributed by atoms with Crippen molar-refractivity contribution in [2.24, 2.45) is 0 Å². The fourth-order valence-corrected chi connectivity index (χ4v) is 2.92. The summed E-state index contributed by atoms with van der Waals surface area (Å²) in [5.74, 6) is 6.06. The van der Waals surface area contributed by atoms with Crippen molar-refractivity contribution in [3.63, 3.8) is 0 Å². The number of carboxylic acid groups (broad SMARTS) is 1. The molecule has 1 fully saturated rings. The molecule has 140 valence electrons. The monoisotopic (exact) mass is 365 g/mol. The number of morpholine rings is 1. The second-order valence-electron chi connectivity index (χ2n) is 6.33. The van der Waals surface area contributed by atoms with Crippen LogP contribution in [0.3, 0.4) is 0 Å². The molecule has 1 N–H and O–H groups in total. The lowest BCUT2D eigenvalue weighted by Gasteiger charge is -2.32. The average Bonchev–Trinajstić information content (AvgIpc) is 2.71. The van der Waals surface area contributed by atoms with Crippen LogP contribution in [0.2, 0.25) is 0 Å². The minimum Gasteiger partial charge on any atom is -0.481 e. The minimum absolute atomic E-state index is 0.0422. The van der Waals surface area contributed by atoms with Gasteiger partial charge in [-0.2, -0.15) is 0 Å². The molecule has 27 heavy (non-hydrogen) atoms. The lowest BCUT2D eigenvalue weighted by Crippen LogP contribution is -2.39. The highest BCUT2D eigenvalue weighted by atomic mass is 16.5. The molecule has 2 aromatic rings. The summed E-state index contributed by atoms with van der Waals surface area (Å²) in [5, 5.41) is 8.83. The van der Waals surface area contributed by atoms with Crippen LogP contribution in [0, 0.1) is 11.8 Å². The van der Waals surface area contributed by atoms with Crippen molar-refractivity contribution in [3.05, 3.63) is 65.7 Å². The van der Waals surface area contributed by atoms with E-state index in [2.05, 4.69) is 16.7 Å². The first kappa shape index (κ1) is 19.0. The molecule has 2 aromatic carbocycles. The van der Waals surface area contributed by atoms with Crippen molar-refractivity contribution in [2.75, 3.05) is 32.8 Å². The van der Waals surface area contributed by atoms with Crippen molar-refractivity contribution >= 4 is 5.97 Å². The third-order valence-corrected chi connectivity index (χ3v) is 4.36. The molecule has 3 rings (SSSR count). The molecule has 0 radical (unpaired) electrons. The van der Waals surface area contributed by atoms with Crippen LogP contribution in [0.25, 0.3) is 0 Å². The van der Waals surface area contributed by atoms with Gasteiger partial charge in [0.1, 0.15) is 12.4 Å². The minimum atomic E-state index is -0.769. The van der Waals surface area contributed by atoms with Gasteiger partial charge in [-0.3, -0.25) is 9.69 Å². The number of hydrogen-bond donors (Lipinski definition) is 1. The molecule has 1 atom stereocenters. The Morgan fingerprint density at radius 1 is 1.19 bits per heavy atom. The average molecular weight is 365 g/mol. The van der Waals surface area contributed by atoms with E-state index >= 15 is 0 Å². The summed E-state index contributed by atoms with van der Waals surface area (Å²) in [6.07, 6.45) is 0.114. The van der Waals surface area contributed by atoms with Crippen LogP contribution in [0.15, 0.2) is 54.6 Å². The summed E-state index contributed by atoms with van der Waals surface area (Å²) < 4.78 is 11.5. The summed E-state index contributed by atoms with van der Waals surface area (Å²) in [5.41, 5.74) is 2.04. The first-order chi connectivity index (χ1) is 13.2. The van der Waals surface area contributed by atoms with Crippen molar-refractivity contribution in [2.45, 2.75) is 12.5 Å². The molecule has 0 saturated carbocycles. The summed E-state index contributed by atoms with van der Waals surface area (Å²) in [6.45, 7) is 2.96. The summed E-state index contributed by atoms with van der Waals surface area (Å²) >= 11 is 0. The van der Waals surface area contributed by atoms with E-state index in [1.165, 1.54) is 0 Å². The number of carbonyl (C=O) groups is 1. The molecule has 1 saturated heterocycles. The Balaban J connectivity index is 1.49. The molecule has 0 aromatic heterocycles. The van der Waals surface area contributed by atoms with Crippen LogP contribution in [0.5, 0.6) is 5.75 Å². The highest BCUT2D eigenvalue weighted by Crippen LogP contribution is 2.24. The zero-order chi connectivity index (χ0) is 18.9. The van der Waals surface area contributed by atoms with Gasteiger partial charge < -0.3 is 14.6 Å². The number of carboxylic acids is 1. The third-order valence-electron chi connectivity index (χ3n) is 4.36. The quantitative estimate of drug-likeness (QED) is 0.798. The van der Waals surface area contributed by atoms with Crippen molar-refractivity contribution in [1.29, 1.82) is 0 Å². The fourth-order valence-electron chi connectivity index (χ4n) is 2.92. The highest BCUT2D eigenvalue weighted by molar-refractivity contribution is 5.66. The lowest BCUT2D eigenvalue weighted by molar-refractivity contribution is -0.137. The van der Waals surface area contributed by atoms with Gasteiger partial charge in [0.2, 0.25) is 0 Å². The van der Waals surface area contributed by atoms with Crippen molar-refractivity contribution in [1.82, 2.24) is 4.90 Å². The topological polar surface area (TPSA) is 59.0 Å². The van der Waals surface area contributed by atoms with Crippen LogP contribution in [0.4, 0.5) is 0 Å². The molecule has 1 heterocycles. The molecule has 0 aliphatic carbocycles. The summed E-state index contributed by atoms with van der Waals surface area (Å²) in [6, 6.07) is 17.6. The van der Waals surface area contributed by atoms with Gasteiger partial charge in [0.05, 0.1) is 19.1 Å². The molecular weight excluding hydrogens is 342 g/mol. The molecular formula is C22H23NO4. The maximum atomic E-state index is 10.7. The van der Waals surface area contributed by atoms with Gasteiger partial charge in [0.15, 0.2) is 0 Å². The van der Waals surface area contributed by atoms with Gasteiger partial charge in [-0.05, 0) is 29.8 Å². The zero-order valence-electron chi connectivity index (χ0n) is 15.1. The van der Waals surface area contributed by atoms with E-state index in [1.54, 1.807) is 0 Å². The number of hydrogen-bond acceptors (Lipinski definition) is 4. The molecule has 0 amide bonds. The van der Waals surface area contributed by atoms with Gasteiger partial charge in [-0.1, -0.05) is 42.2 Å². The van der Waals surface area contributed by atoms with Gasteiger partial charge >= 0.3 is 5.97 Å². The maximum Gasteiger partial charge on any atom is 0.304 e. The Kier molecular flexibility index (Phi) is 6.86. The van der Waals surface area contributed by atoms with Crippen molar-refractivity contribution < 1.29 is 19.4 Å². The first-order valence-electron chi connectivity index (χ1n) is 9.03. The van der Waals surface area contributed by atoms with E-state index < -0.39 is 5.97 Å². The SMILES string of the molecule is O=C(O)CCN1CCOC(c2ccc(OCC#Cc3ccccc3)cc2)C1. The standard InChI is InChI=1S/C22H23NO4/c24-22(25)12-13-23-14-16-27-21(17-23)19-8-10-20(11-9-19)26-15-4-7-18-5-2-1-3-6-18/h1-3,5-6,8-11,21H,12-17H2,(H,24,25). The Morgan fingerprint density at radius 2 is 1.96 bits per heavy atom. The number of benzene rings is 2. The smallest absolute Gasteiger partial charge is 0.304 e. The van der Waals surface area contributed by atoms with E-state index in [4.69, 9.17) is 14.6 Å². The van der Waals surface area contributed by atoms with Crippen LogP contribution in [-0.2, 0) is 9.53 Å². The van der Waals surface area contributed by atoms with E-state index in [1.807, 2.05) is 54.6 Å².